The molecule has 2 aliphatic carbocycles. The minimum absolute atomic E-state index is 0.0316. The number of nitrogens with one attached hydrogen (secondary N) is 3. The van der Waals surface area contributed by atoms with Gasteiger partial charge in [0.15, 0.2) is 0 Å². The number of nitrogens with zero attached hydrogens (tertiary/aromatic N) is 6. The van der Waals surface area contributed by atoms with Gasteiger partial charge in [0, 0.05) is 94.7 Å². The van der Waals surface area contributed by atoms with E-state index >= 15 is 4.39 Å². The van der Waals surface area contributed by atoms with Crippen molar-refractivity contribution >= 4 is 51.5 Å². The van der Waals surface area contributed by atoms with Crippen LogP contribution in [0.15, 0.2) is 81.1 Å². The van der Waals surface area contributed by atoms with Crippen LogP contribution in [0.5, 0.6) is 0 Å². The Kier molecular flexibility index (Phi) is 13.3. The average Bonchev–Trinajstić information content (AvgIpc) is 4.21. The lowest BCUT2D eigenvalue weighted by Gasteiger charge is -2.40. The second-order valence-electron chi connectivity index (χ2n) is 20.5. The molecule has 3 saturated heterocycles. The van der Waals surface area contributed by atoms with Crippen molar-refractivity contribution in [1.29, 1.82) is 0 Å². The number of hydrogen-bond acceptors (Lipinski definition) is 10. The number of carbonyl (C=O) groups excluding carboxylic acids is 3. The minimum Gasteiger partial charge on any atom is -0.385 e. The van der Waals surface area contributed by atoms with Crippen LogP contribution >= 0.6 is 0 Å². The molecular weight excluding hydrogens is 890 g/mol. The quantitative estimate of drug-likeness (QED) is 0.118. The number of fused-ring (bicyclic) bond motifs is 1. The lowest BCUT2D eigenvalue weighted by molar-refractivity contribution is -0.139. The number of anilines is 4. The van der Waals surface area contributed by atoms with Crippen molar-refractivity contribution in [2.24, 2.45) is 24.8 Å². The summed E-state index contributed by atoms with van der Waals surface area (Å²) in [6.45, 7) is 10.4. The van der Waals surface area contributed by atoms with Gasteiger partial charge < -0.3 is 20.4 Å². The lowest BCUT2D eigenvalue weighted by Crippen LogP contribution is -2.52. The fourth-order valence-electron chi connectivity index (χ4n) is 11.4. The topological polar surface area (TPSA) is 163 Å². The molecule has 10 rings (SSSR count). The molecule has 70 heavy (non-hydrogen) atoms. The molecule has 16 heteroatoms. The van der Waals surface area contributed by atoms with Gasteiger partial charge in [0.1, 0.15) is 17.0 Å². The molecule has 3 amide bonds. The molecule has 2 saturated carbocycles. The van der Waals surface area contributed by atoms with Gasteiger partial charge in [-0.2, -0.15) is 0 Å². The summed E-state index contributed by atoms with van der Waals surface area (Å²) < 4.78 is 19.3. The molecule has 3 aromatic carbocycles. The Labute approximate surface area is 406 Å². The number of imide groups is 1. The van der Waals surface area contributed by atoms with Gasteiger partial charge in [-0.15, -0.1) is 0 Å². The van der Waals surface area contributed by atoms with Crippen molar-refractivity contribution in [1.82, 2.24) is 28.8 Å². The average molecular weight is 954 g/mol. The molecule has 0 bridgehead atoms. The van der Waals surface area contributed by atoms with Crippen molar-refractivity contribution in [2.45, 2.75) is 90.0 Å². The first-order chi connectivity index (χ1) is 33.8. The molecule has 0 spiro atoms. The van der Waals surface area contributed by atoms with Crippen LogP contribution in [0.25, 0.3) is 16.6 Å². The van der Waals surface area contributed by atoms with Crippen molar-refractivity contribution in [2.75, 3.05) is 67.9 Å². The van der Waals surface area contributed by atoms with E-state index in [-0.39, 0.29) is 63.6 Å². The zero-order chi connectivity index (χ0) is 48.8. The first-order valence-electron chi connectivity index (χ1n) is 25.3. The summed E-state index contributed by atoms with van der Waals surface area (Å²) in [5.41, 5.74) is 3.22. The Bertz CT molecular complexity index is 3030. The molecule has 5 heterocycles. The van der Waals surface area contributed by atoms with E-state index in [1.54, 1.807) is 39.1 Å². The molecule has 0 radical (unpaired) electrons. The summed E-state index contributed by atoms with van der Waals surface area (Å²) in [6, 6.07) is 20.1. The number of hydrogen-bond donors (Lipinski definition) is 3. The van der Waals surface area contributed by atoms with Gasteiger partial charge >= 0.3 is 5.69 Å². The van der Waals surface area contributed by atoms with E-state index in [1.807, 2.05) is 30.3 Å². The summed E-state index contributed by atoms with van der Waals surface area (Å²) in [4.78, 5) is 87.5. The maximum atomic E-state index is 15.2. The molecule has 1 atom stereocenters. The van der Waals surface area contributed by atoms with E-state index in [4.69, 9.17) is 0 Å². The number of aryl methyl sites for hydroxylation is 2. The van der Waals surface area contributed by atoms with Gasteiger partial charge in [0.2, 0.25) is 17.7 Å². The van der Waals surface area contributed by atoms with Gasteiger partial charge in [0.05, 0.1) is 22.8 Å². The maximum absolute atomic E-state index is 15.2. The molecule has 5 aliphatic rings. The number of benzene rings is 3. The Balaban J connectivity index is 0.729. The van der Waals surface area contributed by atoms with Gasteiger partial charge in [-0.1, -0.05) is 24.3 Å². The van der Waals surface area contributed by atoms with E-state index in [1.165, 1.54) is 19.8 Å². The maximum Gasteiger partial charge on any atom is 0.336 e. The largest absolute Gasteiger partial charge is 0.385 e. The highest BCUT2D eigenvalue weighted by Gasteiger charge is 2.34. The molecule has 3 N–H and O–H groups in total. The molecule has 368 valence electrons. The number of aromatic nitrogens is 3. The van der Waals surface area contributed by atoms with Crippen LogP contribution in [-0.4, -0.2) is 93.6 Å². The normalized spacial score (nSPS) is 21.5. The van der Waals surface area contributed by atoms with Crippen molar-refractivity contribution in [3.05, 3.63) is 120 Å². The standard InChI is InChI=1S/C54H64FN9O6/c1-33-10-18-45(44(55)28-33)57-49-47-48(34(2)51(67)59(49)3)63(54(70)64(53(47)69)40-15-16-40)42-9-5-7-39(30-42)56-31-35-11-13-37(14-12-35)52(68)62-26-24-60(25-27-62)32-36-20-22-61(23-21-36)41-8-4-6-38(29-41)43-17-19-46(65)58-50(43)66/h4-10,18,28-30,35-37,40,43,56-57H,11-17,19-27,31-32H2,1-3H3,(H,58,65,66). The number of halogens is 1. The Hall–Kier alpha value is -6.55. The number of piperidine rings is 2. The van der Waals surface area contributed by atoms with E-state index in [2.05, 4.69) is 42.8 Å². The smallest absolute Gasteiger partial charge is 0.336 e. The molecule has 15 nitrogen and oxygen atoms in total. The third kappa shape index (κ3) is 9.54. The monoisotopic (exact) mass is 953 g/mol. The predicted octanol–water partition coefficient (Wildman–Crippen LogP) is 6.48. The van der Waals surface area contributed by atoms with Crippen LogP contribution in [0.3, 0.4) is 0 Å². The first-order valence-corrected chi connectivity index (χ1v) is 25.3. The van der Waals surface area contributed by atoms with E-state index < -0.39 is 22.6 Å². The van der Waals surface area contributed by atoms with Gasteiger partial charge in [-0.25, -0.2) is 9.18 Å². The van der Waals surface area contributed by atoms with Crippen LogP contribution in [0, 0.1) is 37.4 Å². The number of amides is 3. The van der Waals surface area contributed by atoms with Crippen molar-refractivity contribution < 1.29 is 18.8 Å². The summed E-state index contributed by atoms with van der Waals surface area (Å²) in [6.07, 6.45) is 8.05. The molecule has 2 aromatic heterocycles. The third-order valence-electron chi connectivity index (χ3n) is 15.7. The summed E-state index contributed by atoms with van der Waals surface area (Å²) in [5, 5.41) is 9.25. The van der Waals surface area contributed by atoms with Crippen LogP contribution in [0.4, 0.5) is 27.3 Å². The van der Waals surface area contributed by atoms with Gasteiger partial charge in [0.25, 0.3) is 11.1 Å². The SMILES string of the molecule is Cc1ccc(Nc2c3c(=O)n(C4CC4)c(=O)n(-c4cccc(NCC5CCC(C(=O)N6CCN(CC7CCN(c8cccc(C9CCC(=O)NC9=O)c8)CC7)CC6)CC5)c4)c3c(C)c(=O)n2C)c(F)c1. The van der Waals surface area contributed by atoms with Crippen LogP contribution in [0.2, 0.25) is 0 Å². The van der Waals surface area contributed by atoms with E-state index in [9.17, 15) is 28.8 Å². The van der Waals surface area contributed by atoms with Crippen LogP contribution < -0.4 is 37.7 Å². The number of pyridine rings is 1. The fraction of sp³-hybridized carbons (Fsp3) is 0.481. The van der Waals surface area contributed by atoms with E-state index in [0.717, 1.165) is 107 Å². The second-order valence-corrected chi connectivity index (χ2v) is 20.5. The Morgan fingerprint density at radius 3 is 2.20 bits per heavy atom. The van der Waals surface area contributed by atoms with E-state index in [0.29, 0.717) is 49.8 Å². The Morgan fingerprint density at radius 1 is 0.757 bits per heavy atom. The third-order valence-corrected chi connectivity index (χ3v) is 15.7. The molecule has 1 unspecified atom stereocenters. The molecular formula is C54H64FN9O6. The molecule has 3 aliphatic heterocycles. The summed E-state index contributed by atoms with van der Waals surface area (Å²) in [5.74, 6) is 0.194. The minimum atomic E-state index is -0.527. The highest BCUT2D eigenvalue weighted by molar-refractivity contribution is 6.01. The highest BCUT2D eigenvalue weighted by Crippen LogP contribution is 2.36. The van der Waals surface area contributed by atoms with Gasteiger partial charge in [-0.05, 0) is 137 Å². The van der Waals surface area contributed by atoms with Crippen molar-refractivity contribution in [3.8, 4) is 5.69 Å². The summed E-state index contributed by atoms with van der Waals surface area (Å²) in [7, 11) is 1.54. The van der Waals surface area contributed by atoms with Crippen LogP contribution in [0.1, 0.15) is 92.9 Å². The zero-order valence-electron chi connectivity index (χ0n) is 40.5. The van der Waals surface area contributed by atoms with Crippen LogP contribution in [-0.2, 0) is 21.4 Å². The number of piperazine rings is 1. The van der Waals surface area contributed by atoms with Gasteiger partial charge in [-0.3, -0.25) is 47.9 Å². The molecule has 5 fully saturated rings. The predicted molar refractivity (Wildman–Crippen MR) is 270 cm³/mol. The van der Waals surface area contributed by atoms with Crippen molar-refractivity contribution in [3.63, 3.8) is 0 Å². The zero-order valence-corrected chi connectivity index (χ0v) is 40.5. The summed E-state index contributed by atoms with van der Waals surface area (Å²) >= 11 is 0. The number of carbonyl (C=O) groups is 3. The Morgan fingerprint density at radius 2 is 1.49 bits per heavy atom. The first kappa shape index (κ1) is 47.1. The molecule has 5 aromatic rings. The lowest BCUT2D eigenvalue weighted by atomic mass is 9.81. The second kappa shape index (κ2) is 19.7. The highest BCUT2D eigenvalue weighted by atomic mass is 19.1. The number of rotatable bonds is 12. The fourth-order valence-corrected chi connectivity index (χ4v) is 11.4.